The van der Waals surface area contributed by atoms with E-state index in [1.165, 1.54) is 15.6 Å². The van der Waals surface area contributed by atoms with Crippen LogP contribution in [0.1, 0.15) is 9.75 Å². The van der Waals surface area contributed by atoms with Crippen LogP contribution < -0.4 is 0 Å². The van der Waals surface area contributed by atoms with Crippen molar-refractivity contribution in [1.29, 1.82) is 0 Å². The lowest BCUT2D eigenvalue weighted by molar-refractivity contribution is 0.488. The van der Waals surface area contributed by atoms with E-state index < -0.39 is 10.0 Å². The molecule has 0 aliphatic heterocycles. The Balaban J connectivity index is 2.99. The second-order valence-electron chi connectivity index (χ2n) is 3.59. The van der Waals surface area contributed by atoms with Crippen LogP contribution >= 0.6 is 34.7 Å². The third-order valence-corrected chi connectivity index (χ3v) is 6.55. The van der Waals surface area contributed by atoms with Gasteiger partial charge >= 0.3 is 0 Å². The van der Waals surface area contributed by atoms with Crippen LogP contribution in [0.4, 0.5) is 0 Å². The van der Waals surface area contributed by atoms with Gasteiger partial charge in [-0.3, -0.25) is 0 Å². The Morgan fingerprint density at radius 2 is 2.18 bits per heavy atom. The van der Waals surface area contributed by atoms with E-state index in [1.54, 1.807) is 24.9 Å². The van der Waals surface area contributed by atoms with Crippen LogP contribution in [-0.2, 0) is 15.9 Å². The summed E-state index contributed by atoms with van der Waals surface area (Å²) in [6, 6.07) is 1.68. The molecular weight excluding hydrogens is 298 g/mol. The molecule has 0 saturated carbocycles. The van der Waals surface area contributed by atoms with Crippen LogP contribution in [0, 0.1) is 6.92 Å². The minimum absolute atomic E-state index is 0.357. The number of thioether (sulfide) groups is 1. The molecule has 0 radical (unpaired) electrons. The smallest absolute Gasteiger partial charge is 0.207 e. The van der Waals surface area contributed by atoms with Crippen LogP contribution in [-0.4, -0.2) is 38.3 Å². The van der Waals surface area contributed by atoms with Crippen molar-refractivity contribution in [2.45, 2.75) is 17.7 Å². The lowest BCUT2D eigenvalue weighted by Gasteiger charge is -2.16. The van der Waals surface area contributed by atoms with Gasteiger partial charge in [0.25, 0.3) is 0 Å². The maximum absolute atomic E-state index is 12.3. The SMILES string of the molecule is CSCCN(C)S(=O)(=O)c1cc(CCl)sc1C. The first-order valence-corrected chi connectivity index (χ1v) is 9.22. The van der Waals surface area contributed by atoms with Gasteiger partial charge in [-0.2, -0.15) is 11.8 Å². The van der Waals surface area contributed by atoms with E-state index in [9.17, 15) is 8.42 Å². The molecule has 1 heterocycles. The zero-order valence-corrected chi connectivity index (χ0v) is 13.3. The average molecular weight is 314 g/mol. The Labute approximate surface area is 116 Å². The zero-order valence-electron chi connectivity index (χ0n) is 10.1. The van der Waals surface area contributed by atoms with E-state index >= 15 is 0 Å². The van der Waals surface area contributed by atoms with E-state index in [4.69, 9.17) is 11.6 Å². The van der Waals surface area contributed by atoms with Gasteiger partial charge in [0.05, 0.1) is 10.8 Å². The number of hydrogen-bond acceptors (Lipinski definition) is 4. The summed E-state index contributed by atoms with van der Waals surface area (Å²) in [7, 11) is -1.75. The van der Waals surface area contributed by atoms with Crippen molar-refractivity contribution in [3.8, 4) is 0 Å². The number of hydrogen-bond donors (Lipinski definition) is 0. The summed E-state index contributed by atoms with van der Waals surface area (Å²) in [5.41, 5.74) is 0. The molecule has 0 N–H and O–H groups in total. The van der Waals surface area contributed by atoms with E-state index in [0.717, 1.165) is 15.5 Å². The highest BCUT2D eigenvalue weighted by atomic mass is 35.5. The molecule has 0 aromatic carbocycles. The van der Waals surface area contributed by atoms with Gasteiger partial charge in [0.1, 0.15) is 0 Å². The number of alkyl halides is 1. The third-order valence-electron chi connectivity index (χ3n) is 2.35. The number of thiophene rings is 1. The molecule has 0 saturated heterocycles. The van der Waals surface area contributed by atoms with Crippen LogP contribution in [0.5, 0.6) is 0 Å². The first-order valence-electron chi connectivity index (χ1n) is 5.04. The van der Waals surface area contributed by atoms with E-state index in [1.807, 2.05) is 13.2 Å². The number of nitrogens with zero attached hydrogens (tertiary/aromatic N) is 1. The third kappa shape index (κ3) is 3.61. The molecule has 0 aliphatic rings. The van der Waals surface area contributed by atoms with Gasteiger partial charge in [0.15, 0.2) is 0 Å². The quantitative estimate of drug-likeness (QED) is 0.758. The summed E-state index contributed by atoms with van der Waals surface area (Å²) in [5, 5.41) is 0. The summed E-state index contributed by atoms with van der Waals surface area (Å²) < 4.78 is 25.9. The molecule has 7 heteroatoms. The van der Waals surface area contributed by atoms with E-state index in [2.05, 4.69) is 0 Å². The Morgan fingerprint density at radius 3 is 2.65 bits per heavy atom. The maximum Gasteiger partial charge on any atom is 0.243 e. The molecule has 0 atom stereocenters. The Kier molecular flexibility index (Phi) is 5.79. The second kappa shape index (κ2) is 6.43. The fourth-order valence-electron chi connectivity index (χ4n) is 1.35. The minimum atomic E-state index is -3.36. The topological polar surface area (TPSA) is 37.4 Å². The molecule has 1 aromatic rings. The van der Waals surface area contributed by atoms with Crippen molar-refractivity contribution in [3.63, 3.8) is 0 Å². The molecule has 3 nitrogen and oxygen atoms in total. The average Bonchev–Trinajstić information content (AvgIpc) is 2.67. The lowest BCUT2D eigenvalue weighted by atomic mass is 10.4. The van der Waals surface area contributed by atoms with Crippen molar-refractivity contribution in [1.82, 2.24) is 4.31 Å². The summed E-state index contributed by atoms with van der Waals surface area (Å²) in [5.74, 6) is 1.15. The van der Waals surface area contributed by atoms with Crippen molar-refractivity contribution in [2.24, 2.45) is 0 Å². The fraction of sp³-hybridized carbons (Fsp3) is 0.600. The molecule has 1 rings (SSSR count). The second-order valence-corrected chi connectivity index (χ2v) is 8.19. The number of rotatable bonds is 6. The zero-order chi connectivity index (χ0) is 13.1. The van der Waals surface area contributed by atoms with Crippen LogP contribution in [0.25, 0.3) is 0 Å². The minimum Gasteiger partial charge on any atom is -0.207 e. The first kappa shape index (κ1) is 15.3. The molecule has 0 unspecified atom stereocenters. The largest absolute Gasteiger partial charge is 0.243 e. The first-order chi connectivity index (χ1) is 7.93. The van der Waals surface area contributed by atoms with Crippen molar-refractivity contribution >= 4 is 44.7 Å². The summed E-state index contributed by atoms with van der Waals surface area (Å²) in [4.78, 5) is 2.08. The molecular formula is C10H16ClNO2S3. The maximum atomic E-state index is 12.3. The van der Waals surface area contributed by atoms with Crippen LogP contribution in [0.15, 0.2) is 11.0 Å². The van der Waals surface area contributed by atoms with Gasteiger partial charge in [0, 0.05) is 29.1 Å². The highest BCUT2D eigenvalue weighted by Gasteiger charge is 2.24. The van der Waals surface area contributed by atoms with Gasteiger partial charge in [-0.1, -0.05) is 0 Å². The Bertz CT molecular complexity index is 470. The monoisotopic (exact) mass is 313 g/mol. The van der Waals surface area contributed by atoms with Crippen molar-refractivity contribution in [3.05, 3.63) is 15.8 Å². The lowest BCUT2D eigenvalue weighted by Crippen LogP contribution is -2.29. The molecule has 0 aliphatic carbocycles. The predicted octanol–water partition coefficient (Wildman–Crippen LogP) is 2.78. The fourth-order valence-corrected chi connectivity index (χ4v) is 4.79. The molecule has 0 fully saturated rings. The normalized spacial score (nSPS) is 12.3. The predicted molar refractivity (Wildman–Crippen MR) is 76.8 cm³/mol. The van der Waals surface area contributed by atoms with Gasteiger partial charge in [-0.25, -0.2) is 12.7 Å². The number of halogens is 1. The molecule has 0 spiro atoms. The van der Waals surface area contributed by atoms with E-state index in [0.29, 0.717) is 17.3 Å². The molecule has 0 amide bonds. The highest BCUT2D eigenvalue weighted by molar-refractivity contribution is 7.98. The summed E-state index contributed by atoms with van der Waals surface area (Å²) in [6.07, 6.45) is 1.96. The van der Waals surface area contributed by atoms with Crippen molar-refractivity contribution < 1.29 is 8.42 Å². The van der Waals surface area contributed by atoms with Crippen LogP contribution in [0.3, 0.4) is 0 Å². The highest BCUT2D eigenvalue weighted by Crippen LogP contribution is 2.28. The van der Waals surface area contributed by atoms with Gasteiger partial charge < -0.3 is 0 Å². The summed E-state index contributed by atoms with van der Waals surface area (Å²) in [6.45, 7) is 2.34. The Morgan fingerprint density at radius 1 is 1.53 bits per heavy atom. The van der Waals surface area contributed by atoms with Gasteiger partial charge in [-0.15, -0.1) is 22.9 Å². The van der Waals surface area contributed by atoms with Gasteiger partial charge in [-0.05, 0) is 19.2 Å². The molecule has 1 aromatic heterocycles. The number of aryl methyl sites for hydroxylation is 1. The van der Waals surface area contributed by atoms with Crippen LogP contribution in [0.2, 0.25) is 0 Å². The molecule has 17 heavy (non-hydrogen) atoms. The number of sulfonamides is 1. The Hall–Kier alpha value is 0.250. The van der Waals surface area contributed by atoms with Crippen molar-refractivity contribution in [2.75, 3.05) is 25.6 Å². The molecule has 0 bridgehead atoms. The van der Waals surface area contributed by atoms with E-state index in [-0.39, 0.29) is 0 Å². The molecule has 98 valence electrons. The summed E-state index contributed by atoms with van der Waals surface area (Å²) >= 11 is 8.79. The standard InChI is InChI=1S/C10H16ClNO2S3/c1-8-10(6-9(7-11)16-8)17(13,14)12(2)4-5-15-3/h6H,4-5,7H2,1-3H3. The van der Waals surface area contributed by atoms with Gasteiger partial charge in [0.2, 0.25) is 10.0 Å².